The van der Waals surface area contributed by atoms with Crippen molar-refractivity contribution in [3.8, 4) is 0 Å². The Morgan fingerprint density at radius 2 is 1.94 bits per heavy atom. The van der Waals surface area contributed by atoms with E-state index in [0.717, 1.165) is 25.7 Å². The van der Waals surface area contributed by atoms with Crippen LogP contribution >= 0.6 is 0 Å². The molecule has 1 aliphatic rings. The highest BCUT2D eigenvalue weighted by Gasteiger charge is 2.25. The van der Waals surface area contributed by atoms with Gasteiger partial charge in [-0.25, -0.2) is 0 Å². The Labute approximate surface area is 204 Å². The van der Waals surface area contributed by atoms with Crippen molar-refractivity contribution >= 4 is 17.9 Å². The molecule has 1 rings (SSSR count). The smallest absolute Gasteiger partial charge is 0.309 e. The molecule has 0 aromatic rings. The Bertz CT molecular complexity index is 712. The molecule has 0 heterocycles. The first-order valence-corrected chi connectivity index (χ1v) is 12.5. The molecule has 0 fully saturated rings. The predicted octanol–water partition coefficient (Wildman–Crippen LogP) is 4.77. The van der Waals surface area contributed by atoms with Gasteiger partial charge < -0.3 is 19.3 Å². The lowest BCUT2D eigenvalue weighted by atomic mass is 9.78. The van der Waals surface area contributed by atoms with Crippen LogP contribution in [0.3, 0.4) is 0 Å². The summed E-state index contributed by atoms with van der Waals surface area (Å²) >= 11 is 0. The van der Waals surface area contributed by atoms with Crippen molar-refractivity contribution in [2.75, 3.05) is 13.7 Å². The fourth-order valence-corrected chi connectivity index (χ4v) is 4.09. The number of aliphatic hydroxyl groups is 1. The zero-order chi connectivity index (χ0) is 25.7. The maximum absolute atomic E-state index is 11.8. The molecule has 0 aliphatic heterocycles. The van der Waals surface area contributed by atoms with Gasteiger partial charge in [0.15, 0.2) is 0 Å². The van der Waals surface area contributed by atoms with Gasteiger partial charge in [0, 0.05) is 13.3 Å². The van der Waals surface area contributed by atoms with Gasteiger partial charge in [0.05, 0.1) is 32.2 Å². The van der Waals surface area contributed by atoms with E-state index in [-0.39, 0.29) is 24.7 Å². The monoisotopic (exact) mass is 480 g/mol. The number of hydrogen-bond donors (Lipinski definition) is 1. The van der Waals surface area contributed by atoms with Crippen molar-refractivity contribution in [3.63, 3.8) is 0 Å². The normalized spacial score (nSPS) is 22.5. The van der Waals surface area contributed by atoms with Gasteiger partial charge in [-0.15, -0.1) is 0 Å². The Morgan fingerprint density at radius 1 is 1.24 bits per heavy atom. The summed E-state index contributed by atoms with van der Waals surface area (Å²) in [6.45, 7) is 9.89. The molecule has 0 saturated heterocycles. The summed E-state index contributed by atoms with van der Waals surface area (Å²) in [7, 11) is 1.28. The molecule has 0 aromatic carbocycles. The van der Waals surface area contributed by atoms with E-state index in [1.165, 1.54) is 19.6 Å². The van der Waals surface area contributed by atoms with Crippen molar-refractivity contribution in [2.24, 2.45) is 23.7 Å². The summed E-state index contributed by atoms with van der Waals surface area (Å²) in [4.78, 5) is 34.7. The third kappa shape index (κ3) is 11.8. The summed E-state index contributed by atoms with van der Waals surface area (Å²) in [6, 6.07) is 0. The molecule has 34 heavy (non-hydrogen) atoms. The first-order valence-electron chi connectivity index (χ1n) is 12.5. The van der Waals surface area contributed by atoms with E-state index >= 15 is 0 Å². The van der Waals surface area contributed by atoms with Crippen LogP contribution < -0.4 is 0 Å². The summed E-state index contributed by atoms with van der Waals surface area (Å²) < 4.78 is 15.2. The predicted molar refractivity (Wildman–Crippen MR) is 131 cm³/mol. The molecule has 0 saturated carbocycles. The molecule has 1 aliphatic carbocycles. The van der Waals surface area contributed by atoms with E-state index < -0.39 is 24.1 Å². The second-order valence-corrected chi connectivity index (χ2v) is 9.65. The number of aliphatic hydroxyl groups excluding tert-OH is 1. The minimum Gasteiger partial charge on any atom is -0.469 e. The maximum Gasteiger partial charge on any atom is 0.309 e. The van der Waals surface area contributed by atoms with Crippen molar-refractivity contribution in [1.29, 1.82) is 0 Å². The molecule has 194 valence electrons. The van der Waals surface area contributed by atoms with Gasteiger partial charge >= 0.3 is 17.9 Å². The fourth-order valence-electron chi connectivity index (χ4n) is 4.09. The highest BCUT2D eigenvalue weighted by atomic mass is 16.6. The second kappa shape index (κ2) is 15.7. The summed E-state index contributed by atoms with van der Waals surface area (Å²) in [5.74, 6) is -0.0441. The maximum atomic E-state index is 11.8. The standard InChI is InChI=1S/C27H44O7/c1-7-19(3)27(31)33-13-12-18(2)14-22-9-8-20(4)23(15-22)10-11-24(29)16-25(34-21(5)28)17-26(30)32-6/h8-9,14,18-20,23-25,29H,7,10-13,15-17H2,1-6H3/b22-14-/t18-,19?,20+,23+,24+,25-/m1/s1. The van der Waals surface area contributed by atoms with Crippen LogP contribution in [0.4, 0.5) is 0 Å². The lowest BCUT2D eigenvalue weighted by Gasteiger charge is -2.28. The lowest BCUT2D eigenvalue weighted by Crippen LogP contribution is -2.27. The van der Waals surface area contributed by atoms with Crippen molar-refractivity contribution in [3.05, 3.63) is 23.8 Å². The highest BCUT2D eigenvalue weighted by molar-refractivity contribution is 5.72. The highest BCUT2D eigenvalue weighted by Crippen LogP contribution is 2.33. The third-order valence-corrected chi connectivity index (χ3v) is 6.55. The number of carbonyl (C=O) groups is 3. The van der Waals surface area contributed by atoms with Crippen LogP contribution in [0.15, 0.2) is 23.8 Å². The van der Waals surface area contributed by atoms with Crippen molar-refractivity contribution in [1.82, 2.24) is 0 Å². The molecular formula is C27H44O7. The molecule has 6 atom stereocenters. The summed E-state index contributed by atoms with van der Waals surface area (Å²) in [6.07, 6.45) is 9.32. The Morgan fingerprint density at radius 3 is 2.56 bits per heavy atom. The summed E-state index contributed by atoms with van der Waals surface area (Å²) in [5.41, 5.74) is 1.27. The van der Waals surface area contributed by atoms with Gasteiger partial charge in [0.2, 0.25) is 0 Å². The average molecular weight is 481 g/mol. The summed E-state index contributed by atoms with van der Waals surface area (Å²) in [5, 5.41) is 10.5. The van der Waals surface area contributed by atoms with Crippen LogP contribution in [-0.4, -0.2) is 48.9 Å². The average Bonchev–Trinajstić information content (AvgIpc) is 2.78. The molecule has 0 spiro atoms. The van der Waals surface area contributed by atoms with E-state index in [9.17, 15) is 19.5 Å². The minimum atomic E-state index is -0.686. The third-order valence-electron chi connectivity index (χ3n) is 6.55. The number of carbonyl (C=O) groups excluding carboxylic acids is 3. The number of rotatable bonds is 14. The molecule has 7 nitrogen and oxygen atoms in total. The Kier molecular flexibility index (Phi) is 13.8. The molecule has 0 aromatic heterocycles. The molecule has 1 unspecified atom stereocenters. The van der Waals surface area contributed by atoms with Crippen LogP contribution in [0.1, 0.15) is 79.6 Å². The molecular weight excluding hydrogens is 436 g/mol. The SMILES string of the molecule is CCC(C)C(=O)OCC[C@@H](C)/C=C1/C=C[C@H](C)[C@@H](CC[C@H](O)C[C@H](CC(=O)OC)OC(C)=O)C1. The quantitative estimate of drug-likeness (QED) is 0.282. The Hall–Kier alpha value is -2.15. The molecule has 7 heteroatoms. The van der Waals surface area contributed by atoms with Gasteiger partial charge in [-0.05, 0) is 49.9 Å². The molecule has 0 bridgehead atoms. The molecule has 1 N–H and O–H groups in total. The van der Waals surface area contributed by atoms with Gasteiger partial charge in [0.1, 0.15) is 6.10 Å². The Balaban J connectivity index is 2.54. The molecule has 0 radical (unpaired) electrons. The van der Waals surface area contributed by atoms with E-state index in [4.69, 9.17) is 9.47 Å². The van der Waals surface area contributed by atoms with E-state index in [2.05, 4.69) is 36.8 Å². The largest absolute Gasteiger partial charge is 0.469 e. The first-order chi connectivity index (χ1) is 16.0. The number of allylic oxidation sites excluding steroid dienone is 4. The van der Waals surface area contributed by atoms with E-state index in [0.29, 0.717) is 30.8 Å². The minimum absolute atomic E-state index is 0.0581. The van der Waals surface area contributed by atoms with Gasteiger partial charge in [-0.1, -0.05) is 51.5 Å². The number of esters is 3. The fraction of sp³-hybridized carbons (Fsp3) is 0.741. The zero-order valence-corrected chi connectivity index (χ0v) is 21.7. The number of hydrogen-bond acceptors (Lipinski definition) is 7. The van der Waals surface area contributed by atoms with Gasteiger partial charge in [-0.2, -0.15) is 0 Å². The van der Waals surface area contributed by atoms with Crippen LogP contribution in [0.5, 0.6) is 0 Å². The molecule has 0 amide bonds. The van der Waals surface area contributed by atoms with Gasteiger partial charge in [-0.3, -0.25) is 14.4 Å². The number of ether oxygens (including phenoxy) is 3. The van der Waals surface area contributed by atoms with Gasteiger partial charge in [0.25, 0.3) is 0 Å². The second-order valence-electron chi connectivity index (χ2n) is 9.65. The zero-order valence-electron chi connectivity index (χ0n) is 21.7. The van der Waals surface area contributed by atoms with E-state index in [1.807, 2.05) is 13.8 Å². The lowest BCUT2D eigenvalue weighted by molar-refractivity contribution is -0.153. The van der Waals surface area contributed by atoms with Crippen LogP contribution in [0.2, 0.25) is 0 Å². The first kappa shape index (κ1) is 29.9. The van der Waals surface area contributed by atoms with Crippen LogP contribution in [0, 0.1) is 23.7 Å². The number of methoxy groups -OCH3 is 1. The van der Waals surface area contributed by atoms with Crippen molar-refractivity contribution in [2.45, 2.75) is 91.8 Å². The van der Waals surface area contributed by atoms with Crippen LogP contribution in [-0.2, 0) is 28.6 Å². The van der Waals surface area contributed by atoms with Crippen molar-refractivity contribution < 1.29 is 33.7 Å². The topological polar surface area (TPSA) is 99.1 Å². The van der Waals surface area contributed by atoms with Crippen LogP contribution in [0.25, 0.3) is 0 Å². The van der Waals surface area contributed by atoms with E-state index in [1.54, 1.807) is 0 Å².